The van der Waals surface area contributed by atoms with Gasteiger partial charge in [-0.2, -0.15) is 17.9 Å². The molecule has 0 fully saturated rings. The third-order valence-corrected chi connectivity index (χ3v) is 4.43. The van der Waals surface area contributed by atoms with Crippen LogP contribution in [0.1, 0.15) is 15.9 Å². The molecular weight excluding hydrogens is 385 g/mol. The smallest absolute Gasteiger partial charge is 0.416 e. The second kappa shape index (κ2) is 7.27. The van der Waals surface area contributed by atoms with Crippen LogP contribution in [0.25, 0.3) is 5.69 Å². The molecule has 2 N–H and O–H groups in total. The Kier molecular flexibility index (Phi) is 5.04. The molecule has 0 aliphatic heterocycles. The summed E-state index contributed by atoms with van der Waals surface area (Å²) in [6.07, 6.45) is -4.45. The van der Waals surface area contributed by atoms with E-state index in [2.05, 4.69) is 15.5 Å². The Morgan fingerprint density at radius 3 is 2.41 bits per heavy atom. The van der Waals surface area contributed by atoms with E-state index in [1.54, 1.807) is 0 Å². The van der Waals surface area contributed by atoms with E-state index in [-0.39, 0.29) is 28.0 Å². The third-order valence-electron chi connectivity index (χ3n) is 3.51. The van der Waals surface area contributed by atoms with Crippen molar-refractivity contribution in [2.24, 2.45) is 0 Å². The molecule has 0 amide bonds. The van der Waals surface area contributed by atoms with Crippen LogP contribution in [-0.2, 0) is 6.18 Å². The fourth-order valence-electron chi connectivity index (χ4n) is 2.13. The first-order chi connectivity index (χ1) is 12.8. The summed E-state index contributed by atoms with van der Waals surface area (Å²) in [4.78, 5) is 12.2. The van der Waals surface area contributed by atoms with Crippen LogP contribution in [0.4, 0.5) is 13.2 Å². The van der Waals surface area contributed by atoms with E-state index in [4.69, 9.17) is 0 Å². The molecule has 0 spiro atoms. The van der Waals surface area contributed by atoms with Crippen molar-refractivity contribution in [3.05, 3.63) is 53.6 Å². The van der Waals surface area contributed by atoms with Gasteiger partial charge < -0.3 is 10.2 Å². The van der Waals surface area contributed by atoms with Gasteiger partial charge in [0.15, 0.2) is 17.3 Å². The lowest BCUT2D eigenvalue weighted by Crippen LogP contribution is -2.07. The molecule has 3 rings (SSSR count). The van der Waals surface area contributed by atoms with E-state index in [9.17, 15) is 28.2 Å². The average Bonchev–Trinajstić information content (AvgIpc) is 3.10. The Bertz CT molecular complexity index is 974. The molecule has 11 heteroatoms. The molecule has 0 saturated carbocycles. The Morgan fingerprint density at radius 2 is 1.78 bits per heavy atom. The highest BCUT2D eigenvalue weighted by atomic mass is 32.2. The molecular formula is C16H11F3N4O3S. The van der Waals surface area contributed by atoms with E-state index in [0.29, 0.717) is 5.69 Å². The summed E-state index contributed by atoms with van der Waals surface area (Å²) < 4.78 is 39.1. The maximum absolute atomic E-state index is 12.6. The van der Waals surface area contributed by atoms with Gasteiger partial charge in [-0.3, -0.25) is 4.79 Å². The zero-order valence-electron chi connectivity index (χ0n) is 13.4. The number of aromatic nitrogens is 4. The zero-order chi connectivity index (χ0) is 19.6. The van der Waals surface area contributed by atoms with Crippen LogP contribution in [0.2, 0.25) is 0 Å². The second-order valence-corrected chi connectivity index (χ2v) is 6.28. The van der Waals surface area contributed by atoms with E-state index in [1.807, 2.05) is 0 Å². The minimum absolute atomic E-state index is 0.0782. The summed E-state index contributed by atoms with van der Waals surface area (Å²) in [5.74, 6) is -1.19. The topological polar surface area (TPSA) is 101 Å². The molecule has 0 aliphatic carbocycles. The maximum Gasteiger partial charge on any atom is 0.416 e. The molecule has 2 aromatic carbocycles. The molecule has 0 atom stereocenters. The highest BCUT2D eigenvalue weighted by Gasteiger charge is 2.30. The van der Waals surface area contributed by atoms with Crippen LogP contribution in [0.5, 0.6) is 11.5 Å². The van der Waals surface area contributed by atoms with Gasteiger partial charge >= 0.3 is 6.18 Å². The number of carbonyl (C=O) groups is 1. The zero-order valence-corrected chi connectivity index (χ0v) is 14.2. The number of alkyl halides is 3. The largest absolute Gasteiger partial charge is 0.504 e. The van der Waals surface area contributed by atoms with E-state index in [0.717, 1.165) is 30.0 Å². The Morgan fingerprint density at radius 1 is 1.07 bits per heavy atom. The molecule has 140 valence electrons. The Labute approximate surface area is 154 Å². The van der Waals surface area contributed by atoms with Gasteiger partial charge in [0.1, 0.15) is 0 Å². The number of hydrogen-bond acceptors (Lipinski definition) is 7. The van der Waals surface area contributed by atoms with Crippen molar-refractivity contribution in [3.63, 3.8) is 0 Å². The lowest BCUT2D eigenvalue weighted by Gasteiger charge is -2.08. The average molecular weight is 396 g/mol. The van der Waals surface area contributed by atoms with Crippen molar-refractivity contribution in [2.45, 2.75) is 11.3 Å². The van der Waals surface area contributed by atoms with Crippen LogP contribution in [0.15, 0.2) is 47.6 Å². The predicted molar refractivity (Wildman–Crippen MR) is 89.0 cm³/mol. The summed E-state index contributed by atoms with van der Waals surface area (Å²) >= 11 is 0.982. The molecule has 0 unspecified atom stereocenters. The normalized spacial score (nSPS) is 11.5. The fourth-order valence-corrected chi connectivity index (χ4v) is 2.92. The molecule has 27 heavy (non-hydrogen) atoms. The van der Waals surface area contributed by atoms with Crippen molar-refractivity contribution < 1.29 is 28.2 Å². The van der Waals surface area contributed by atoms with Gasteiger partial charge in [0, 0.05) is 5.56 Å². The van der Waals surface area contributed by atoms with Gasteiger partial charge in [0.05, 0.1) is 17.0 Å². The number of benzene rings is 2. The van der Waals surface area contributed by atoms with Gasteiger partial charge in [-0.05, 0) is 52.9 Å². The number of rotatable bonds is 5. The lowest BCUT2D eigenvalue weighted by molar-refractivity contribution is -0.137. The summed E-state index contributed by atoms with van der Waals surface area (Å²) in [5.41, 5.74) is -0.299. The number of halogens is 3. The second-order valence-electron chi connectivity index (χ2n) is 5.33. The number of aromatic hydroxyl groups is 2. The van der Waals surface area contributed by atoms with E-state index < -0.39 is 17.5 Å². The SMILES string of the molecule is O=C(CSc1nnnn1-c1ccc(C(F)(F)F)cc1)c1ccc(O)c(O)c1. The first-order valence-electron chi connectivity index (χ1n) is 7.39. The van der Waals surface area contributed by atoms with Crippen LogP contribution in [0.3, 0.4) is 0 Å². The standard InChI is InChI=1S/C16H11F3N4O3S/c17-16(18,19)10-2-4-11(5-3-10)23-15(20-21-22-23)27-8-14(26)9-1-6-12(24)13(25)7-9/h1-7,24-25H,8H2. The lowest BCUT2D eigenvalue weighted by atomic mass is 10.1. The van der Waals surface area contributed by atoms with Gasteiger partial charge in [-0.15, -0.1) is 5.10 Å². The monoisotopic (exact) mass is 396 g/mol. The van der Waals surface area contributed by atoms with Crippen molar-refractivity contribution >= 4 is 17.5 Å². The minimum atomic E-state index is -4.45. The fraction of sp³-hybridized carbons (Fsp3) is 0.125. The number of phenols is 2. The summed E-state index contributed by atoms with van der Waals surface area (Å²) in [7, 11) is 0. The highest BCUT2D eigenvalue weighted by Crippen LogP contribution is 2.30. The number of carbonyl (C=O) groups excluding carboxylic acids is 1. The van der Waals surface area contributed by atoms with Crippen molar-refractivity contribution in [1.82, 2.24) is 20.2 Å². The number of ketones is 1. The maximum atomic E-state index is 12.6. The van der Waals surface area contributed by atoms with Crippen LogP contribution in [0, 0.1) is 0 Å². The summed E-state index contributed by atoms with van der Waals surface area (Å²) in [5, 5.41) is 29.9. The first-order valence-corrected chi connectivity index (χ1v) is 8.38. The third kappa shape index (κ3) is 4.19. The molecule has 7 nitrogen and oxygen atoms in total. The number of Topliss-reactive ketones (excluding diaryl/α,β-unsaturated/α-hetero) is 1. The van der Waals surface area contributed by atoms with E-state index >= 15 is 0 Å². The van der Waals surface area contributed by atoms with Gasteiger partial charge in [-0.1, -0.05) is 11.8 Å². The van der Waals surface area contributed by atoms with Crippen molar-refractivity contribution in [1.29, 1.82) is 0 Å². The first kappa shape index (κ1) is 18.7. The molecule has 0 aliphatic rings. The number of hydrogen-bond donors (Lipinski definition) is 2. The Balaban J connectivity index is 1.73. The molecule has 1 heterocycles. The Hall–Kier alpha value is -3.08. The summed E-state index contributed by atoms with van der Waals surface area (Å²) in [6, 6.07) is 7.96. The molecule has 0 bridgehead atoms. The quantitative estimate of drug-likeness (QED) is 0.388. The van der Waals surface area contributed by atoms with Crippen molar-refractivity contribution in [2.75, 3.05) is 5.75 Å². The van der Waals surface area contributed by atoms with Gasteiger partial charge in [0.2, 0.25) is 5.16 Å². The van der Waals surface area contributed by atoms with Crippen LogP contribution in [-0.4, -0.2) is 42.0 Å². The number of phenolic OH excluding ortho intramolecular Hbond substituents is 2. The van der Waals surface area contributed by atoms with Crippen LogP contribution < -0.4 is 0 Å². The predicted octanol–water partition coefficient (Wildman–Crippen LogP) is 3.07. The minimum Gasteiger partial charge on any atom is -0.504 e. The van der Waals surface area contributed by atoms with Crippen LogP contribution >= 0.6 is 11.8 Å². The highest BCUT2D eigenvalue weighted by molar-refractivity contribution is 7.99. The van der Waals surface area contributed by atoms with Crippen molar-refractivity contribution in [3.8, 4) is 17.2 Å². The number of nitrogens with zero attached hydrogens (tertiary/aromatic N) is 4. The van der Waals surface area contributed by atoms with E-state index in [1.165, 1.54) is 28.9 Å². The van der Waals surface area contributed by atoms with Gasteiger partial charge in [0.25, 0.3) is 0 Å². The van der Waals surface area contributed by atoms with Gasteiger partial charge in [-0.25, -0.2) is 0 Å². The molecule has 1 aromatic heterocycles. The summed E-state index contributed by atoms with van der Waals surface area (Å²) in [6.45, 7) is 0. The number of thioether (sulfide) groups is 1. The number of tetrazole rings is 1. The molecule has 0 saturated heterocycles. The molecule has 3 aromatic rings. The molecule has 0 radical (unpaired) electrons.